The number of hydrogen-bond acceptors (Lipinski definition) is 2. The molecule has 3 heteroatoms. The van der Waals surface area contributed by atoms with Gasteiger partial charge in [-0.2, -0.15) is 4.74 Å². The zero-order valence-corrected chi connectivity index (χ0v) is 13.2. The molecule has 1 heterocycles. The number of nitrogens with zero attached hydrogens (tertiary/aromatic N) is 2. The van der Waals surface area contributed by atoms with E-state index < -0.39 is 5.66 Å². The summed E-state index contributed by atoms with van der Waals surface area (Å²) >= 11 is 0. The molecule has 0 N–H and O–H groups in total. The van der Waals surface area contributed by atoms with Gasteiger partial charge in [0.1, 0.15) is 5.71 Å². The van der Waals surface area contributed by atoms with Gasteiger partial charge in [-0.1, -0.05) is 69.4 Å². The van der Waals surface area contributed by atoms with E-state index in [1.165, 1.54) is 32.1 Å². The topological polar surface area (TPSA) is 38.4 Å². The Labute approximate surface area is 128 Å². The summed E-state index contributed by atoms with van der Waals surface area (Å²) in [4.78, 5) is 4.68. The average Bonchev–Trinajstić information content (AvgIpc) is 2.80. The molecule has 0 bridgehead atoms. The number of aliphatic imine (C=N–C) groups is 1. The summed E-state index contributed by atoms with van der Waals surface area (Å²) in [5.41, 5.74) is 1.21. The Bertz CT molecular complexity index is 507. The van der Waals surface area contributed by atoms with E-state index >= 15 is 0 Å². The van der Waals surface area contributed by atoms with Crippen LogP contribution in [0, 0.1) is 5.21 Å². The Morgan fingerprint density at radius 2 is 1.71 bits per heavy atom. The molecule has 0 saturated heterocycles. The molecule has 1 aromatic carbocycles. The van der Waals surface area contributed by atoms with Crippen molar-refractivity contribution in [2.45, 2.75) is 64.5 Å². The van der Waals surface area contributed by atoms with E-state index in [1.54, 1.807) is 6.21 Å². The molecule has 2 rings (SSSR count). The predicted molar refractivity (Wildman–Crippen MR) is 89.1 cm³/mol. The molecule has 0 aromatic heterocycles. The van der Waals surface area contributed by atoms with E-state index in [4.69, 9.17) is 0 Å². The molecule has 1 aliphatic heterocycles. The van der Waals surface area contributed by atoms with Crippen molar-refractivity contribution in [1.82, 2.24) is 0 Å². The van der Waals surface area contributed by atoms with Gasteiger partial charge in [0.15, 0.2) is 0 Å². The molecule has 0 fully saturated rings. The molecule has 114 valence electrons. The van der Waals surface area contributed by atoms with Crippen molar-refractivity contribution in [2.75, 3.05) is 0 Å². The zero-order valence-electron chi connectivity index (χ0n) is 13.2. The van der Waals surface area contributed by atoms with Crippen molar-refractivity contribution in [3.05, 3.63) is 41.1 Å². The Hall–Kier alpha value is -1.64. The second-order valence-corrected chi connectivity index (χ2v) is 6.05. The van der Waals surface area contributed by atoms with Crippen LogP contribution in [-0.4, -0.2) is 22.3 Å². The summed E-state index contributed by atoms with van der Waals surface area (Å²) in [7, 11) is 0. The summed E-state index contributed by atoms with van der Waals surface area (Å²) in [6, 6.07) is 9.93. The Balaban J connectivity index is 1.90. The van der Waals surface area contributed by atoms with E-state index in [-0.39, 0.29) is 0 Å². The molecule has 1 unspecified atom stereocenters. The first-order valence-corrected chi connectivity index (χ1v) is 8.12. The molecule has 1 aliphatic rings. The van der Waals surface area contributed by atoms with Gasteiger partial charge in [0.05, 0.1) is 0 Å². The monoisotopic (exact) mass is 286 g/mol. The third-order valence-corrected chi connectivity index (χ3v) is 4.15. The third-order valence-electron chi connectivity index (χ3n) is 4.15. The molecule has 0 saturated carbocycles. The molecule has 0 spiro atoms. The number of hydrogen-bond donors (Lipinski definition) is 0. The van der Waals surface area contributed by atoms with E-state index in [9.17, 15) is 5.21 Å². The van der Waals surface area contributed by atoms with E-state index in [0.717, 1.165) is 28.9 Å². The highest BCUT2D eigenvalue weighted by Crippen LogP contribution is 2.25. The largest absolute Gasteiger partial charge is 0.622 e. The van der Waals surface area contributed by atoms with Crippen LogP contribution in [0.15, 0.2) is 35.3 Å². The van der Waals surface area contributed by atoms with Crippen LogP contribution in [0.25, 0.3) is 0 Å². The lowest BCUT2D eigenvalue weighted by atomic mass is 10.0. The van der Waals surface area contributed by atoms with Crippen LogP contribution >= 0.6 is 0 Å². The number of benzene rings is 1. The van der Waals surface area contributed by atoms with Crippen molar-refractivity contribution in [3.63, 3.8) is 0 Å². The molecule has 1 aromatic rings. The van der Waals surface area contributed by atoms with Crippen molar-refractivity contribution in [2.24, 2.45) is 4.99 Å². The average molecular weight is 286 g/mol. The quantitative estimate of drug-likeness (QED) is 0.393. The zero-order chi connectivity index (χ0) is 15.1. The standard InChI is InChI=1S/C18H26N2O/c1-3-4-5-6-7-11-14-18(2)19-17(15-20(18)21)16-12-9-8-10-13-16/h8-10,12-13,15H,3-7,11,14H2,1-2H3. The van der Waals surface area contributed by atoms with Gasteiger partial charge in [-0.25, -0.2) is 4.99 Å². The Morgan fingerprint density at radius 1 is 1.05 bits per heavy atom. The highest BCUT2D eigenvalue weighted by molar-refractivity contribution is 6.37. The number of unbranched alkanes of at least 4 members (excludes halogenated alkanes) is 5. The first-order chi connectivity index (χ1) is 10.2. The normalized spacial score (nSPS) is 21.2. The highest BCUT2D eigenvalue weighted by Gasteiger charge is 2.37. The minimum atomic E-state index is -0.615. The molecular formula is C18H26N2O. The molecular weight excluding hydrogens is 260 g/mol. The number of hydroxylamine groups is 1. The maximum atomic E-state index is 12.2. The minimum absolute atomic E-state index is 0.615. The van der Waals surface area contributed by atoms with Gasteiger partial charge in [0, 0.05) is 18.9 Å². The third kappa shape index (κ3) is 4.16. The number of rotatable bonds is 8. The van der Waals surface area contributed by atoms with Crippen LogP contribution < -0.4 is 0 Å². The molecule has 21 heavy (non-hydrogen) atoms. The summed E-state index contributed by atoms with van der Waals surface area (Å²) in [6.45, 7) is 4.17. The van der Waals surface area contributed by atoms with Crippen LogP contribution in [0.2, 0.25) is 0 Å². The van der Waals surface area contributed by atoms with Crippen molar-refractivity contribution < 1.29 is 4.74 Å². The van der Waals surface area contributed by atoms with Crippen LogP contribution in [-0.2, 0) is 0 Å². The maximum Gasteiger partial charge on any atom is 0.263 e. The smallest absolute Gasteiger partial charge is 0.263 e. The molecule has 0 aliphatic carbocycles. The minimum Gasteiger partial charge on any atom is -0.622 e. The molecule has 1 atom stereocenters. The first-order valence-electron chi connectivity index (χ1n) is 8.12. The maximum absolute atomic E-state index is 12.2. The van der Waals surface area contributed by atoms with Crippen LogP contribution in [0.1, 0.15) is 64.4 Å². The fourth-order valence-electron chi connectivity index (χ4n) is 2.74. The van der Waals surface area contributed by atoms with E-state index in [1.807, 2.05) is 37.3 Å². The van der Waals surface area contributed by atoms with Crippen LogP contribution in [0.4, 0.5) is 0 Å². The second kappa shape index (κ2) is 7.39. The molecule has 0 radical (unpaired) electrons. The first kappa shape index (κ1) is 15.7. The van der Waals surface area contributed by atoms with Gasteiger partial charge in [-0.15, -0.1) is 0 Å². The van der Waals surface area contributed by atoms with Crippen molar-refractivity contribution in [3.8, 4) is 0 Å². The van der Waals surface area contributed by atoms with E-state index in [0.29, 0.717) is 0 Å². The van der Waals surface area contributed by atoms with Gasteiger partial charge < -0.3 is 5.21 Å². The summed E-state index contributed by atoms with van der Waals surface area (Å²) in [5.74, 6) is 0. The van der Waals surface area contributed by atoms with Gasteiger partial charge in [-0.3, -0.25) is 0 Å². The van der Waals surface area contributed by atoms with Crippen molar-refractivity contribution in [1.29, 1.82) is 0 Å². The highest BCUT2D eigenvalue weighted by atomic mass is 16.5. The van der Waals surface area contributed by atoms with Crippen LogP contribution in [0.5, 0.6) is 0 Å². The lowest BCUT2D eigenvalue weighted by molar-refractivity contribution is -0.535. The fourth-order valence-corrected chi connectivity index (χ4v) is 2.74. The van der Waals surface area contributed by atoms with E-state index in [2.05, 4.69) is 11.9 Å². The Kier molecular flexibility index (Phi) is 5.54. The van der Waals surface area contributed by atoms with Crippen molar-refractivity contribution >= 4 is 11.9 Å². The molecule has 3 nitrogen and oxygen atoms in total. The SMILES string of the molecule is CCCCCCCCC1(C)N=C(c2ccccc2)C=[N+]1[O-]. The summed E-state index contributed by atoms with van der Waals surface area (Å²) in [6.07, 6.45) is 9.88. The lowest BCUT2D eigenvalue weighted by Gasteiger charge is -2.20. The predicted octanol–water partition coefficient (Wildman–Crippen LogP) is 4.54. The lowest BCUT2D eigenvalue weighted by Crippen LogP contribution is -2.30. The van der Waals surface area contributed by atoms with Gasteiger partial charge in [0.2, 0.25) is 6.21 Å². The van der Waals surface area contributed by atoms with Gasteiger partial charge >= 0.3 is 0 Å². The summed E-state index contributed by atoms with van der Waals surface area (Å²) < 4.78 is 1.03. The van der Waals surface area contributed by atoms with Gasteiger partial charge in [-0.05, 0) is 6.42 Å². The molecule has 0 amide bonds. The Morgan fingerprint density at radius 3 is 2.43 bits per heavy atom. The second-order valence-electron chi connectivity index (χ2n) is 6.05. The van der Waals surface area contributed by atoms with Crippen LogP contribution in [0.3, 0.4) is 0 Å². The fraction of sp³-hybridized carbons (Fsp3) is 0.556. The van der Waals surface area contributed by atoms with Gasteiger partial charge in [0.25, 0.3) is 5.66 Å². The summed E-state index contributed by atoms with van der Waals surface area (Å²) in [5, 5.41) is 12.2.